The molecule has 0 saturated carbocycles. The highest BCUT2D eigenvalue weighted by Gasteiger charge is 2.30. The first kappa shape index (κ1) is 12.8. The monoisotopic (exact) mass is 275 g/mol. The van der Waals surface area contributed by atoms with Crippen LogP contribution >= 0.6 is 0 Å². The van der Waals surface area contributed by atoms with Crippen molar-refractivity contribution < 1.29 is 14.3 Å². The number of ether oxygens (including phenoxy) is 1. The van der Waals surface area contributed by atoms with E-state index < -0.39 is 0 Å². The highest BCUT2D eigenvalue weighted by molar-refractivity contribution is 5.95. The van der Waals surface area contributed by atoms with Gasteiger partial charge in [-0.2, -0.15) is 0 Å². The fourth-order valence-corrected chi connectivity index (χ4v) is 2.51. The van der Waals surface area contributed by atoms with Gasteiger partial charge in [-0.3, -0.25) is 9.80 Å². The Bertz CT molecular complexity index is 522. The van der Waals surface area contributed by atoms with E-state index in [2.05, 4.69) is 0 Å². The highest BCUT2D eigenvalue weighted by Crippen LogP contribution is 2.26. The van der Waals surface area contributed by atoms with Crippen LogP contribution in [-0.2, 0) is 4.74 Å². The SMILES string of the molecule is CC1CN(c2ccc(N3CCN(C)C3=O)cc2)C(=O)O1. The van der Waals surface area contributed by atoms with Gasteiger partial charge in [0.15, 0.2) is 0 Å². The maximum Gasteiger partial charge on any atom is 0.414 e. The molecule has 2 aliphatic rings. The Morgan fingerprint density at radius 3 is 2.10 bits per heavy atom. The number of hydrogen-bond acceptors (Lipinski definition) is 3. The molecule has 0 N–H and O–H groups in total. The zero-order chi connectivity index (χ0) is 14.3. The second-order valence-corrected chi connectivity index (χ2v) is 5.18. The van der Waals surface area contributed by atoms with Crippen molar-refractivity contribution in [2.75, 3.05) is 36.5 Å². The first-order valence-electron chi connectivity index (χ1n) is 6.67. The van der Waals surface area contributed by atoms with Gasteiger partial charge >= 0.3 is 12.1 Å². The third-order valence-corrected chi connectivity index (χ3v) is 3.65. The van der Waals surface area contributed by atoms with Gasteiger partial charge < -0.3 is 9.64 Å². The van der Waals surface area contributed by atoms with Gasteiger partial charge in [-0.1, -0.05) is 0 Å². The summed E-state index contributed by atoms with van der Waals surface area (Å²) >= 11 is 0. The standard InChI is InChI=1S/C14H17N3O3/c1-10-9-17(14(19)20-10)12-5-3-11(4-6-12)16-8-7-15(2)13(16)18/h3-6,10H,7-9H2,1-2H3. The van der Waals surface area contributed by atoms with Gasteiger partial charge in [-0.25, -0.2) is 9.59 Å². The van der Waals surface area contributed by atoms with Crippen LogP contribution in [0.15, 0.2) is 24.3 Å². The molecular formula is C14H17N3O3. The molecule has 2 fully saturated rings. The fraction of sp³-hybridized carbons (Fsp3) is 0.429. The number of nitrogens with zero attached hydrogens (tertiary/aromatic N) is 3. The average Bonchev–Trinajstić information content (AvgIpc) is 2.94. The van der Waals surface area contributed by atoms with E-state index in [1.165, 1.54) is 0 Å². The lowest BCUT2D eigenvalue weighted by Gasteiger charge is -2.18. The molecule has 0 bridgehead atoms. The number of urea groups is 1. The summed E-state index contributed by atoms with van der Waals surface area (Å²) in [5.41, 5.74) is 1.65. The smallest absolute Gasteiger partial charge is 0.414 e. The van der Waals surface area contributed by atoms with Crippen molar-refractivity contribution in [3.05, 3.63) is 24.3 Å². The minimum absolute atomic E-state index is 0.00644. The lowest BCUT2D eigenvalue weighted by Crippen LogP contribution is -2.29. The second kappa shape index (κ2) is 4.70. The number of benzene rings is 1. The molecule has 1 aromatic rings. The number of hydrogen-bond donors (Lipinski definition) is 0. The van der Waals surface area contributed by atoms with Crippen molar-refractivity contribution in [1.82, 2.24) is 4.90 Å². The molecule has 0 spiro atoms. The van der Waals surface area contributed by atoms with E-state index in [1.807, 2.05) is 31.2 Å². The van der Waals surface area contributed by atoms with E-state index in [1.54, 1.807) is 21.7 Å². The van der Waals surface area contributed by atoms with Crippen molar-refractivity contribution in [2.24, 2.45) is 0 Å². The quantitative estimate of drug-likeness (QED) is 0.828. The summed E-state index contributed by atoms with van der Waals surface area (Å²) in [6.07, 6.45) is -0.404. The molecule has 2 heterocycles. The summed E-state index contributed by atoms with van der Waals surface area (Å²) in [4.78, 5) is 28.6. The Morgan fingerprint density at radius 1 is 1.05 bits per heavy atom. The van der Waals surface area contributed by atoms with E-state index in [9.17, 15) is 9.59 Å². The maximum atomic E-state index is 11.9. The van der Waals surface area contributed by atoms with Crippen LogP contribution in [0.2, 0.25) is 0 Å². The summed E-state index contributed by atoms with van der Waals surface area (Å²) in [7, 11) is 1.79. The summed E-state index contributed by atoms with van der Waals surface area (Å²) in [6, 6.07) is 7.43. The Balaban J connectivity index is 1.78. The van der Waals surface area contributed by atoms with E-state index >= 15 is 0 Å². The number of likely N-dealkylation sites (N-methyl/N-ethyl adjacent to an activating group) is 1. The minimum Gasteiger partial charge on any atom is -0.444 e. The average molecular weight is 275 g/mol. The summed E-state index contributed by atoms with van der Waals surface area (Å²) in [6.45, 7) is 3.85. The zero-order valence-corrected chi connectivity index (χ0v) is 11.6. The van der Waals surface area contributed by atoms with Gasteiger partial charge in [0.1, 0.15) is 6.10 Å². The van der Waals surface area contributed by atoms with Crippen LogP contribution in [0, 0.1) is 0 Å². The largest absolute Gasteiger partial charge is 0.444 e. The van der Waals surface area contributed by atoms with Crippen molar-refractivity contribution in [1.29, 1.82) is 0 Å². The molecule has 1 unspecified atom stereocenters. The van der Waals surface area contributed by atoms with Crippen LogP contribution in [0.25, 0.3) is 0 Å². The van der Waals surface area contributed by atoms with Gasteiger partial charge in [0.2, 0.25) is 0 Å². The molecule has 0 aliphatic carbocycles. The molecule has 1 aromatic carbocycles. The first-order valence-corrected chi connectivity index (χ1v) is 6.67. The predicted molar refractivity (Wildman–Crippen MR) is 75.1 cm³/mol. The number of rotatable bonds is 2. The molecule has 2 aliphatic heterocycles. The number of amides is 3. The van der Waals surface area contributed by atoms with Crippen molar-refractivity contribution in [3.63, 3.8) is 0 Å². The number of carbonyl (C=O) groups is 2. The Morgan fingerprint density at radius 2 is 1.65 bits per heavy atom. The van der Waals surface area contributed by atoms with E-state index in [0.29, 0.717) is 13.1 Å². The summed E-state index contributed by atoms with van der Waals surface area (Å²) in [5, 5.41) is 0. The summed E-state index contributed by atoms with van der Waals surface area (Å²) in [5.74, 6) is 0. The molecule has 3 amide bonds. The molecule has 6 nitrogen and oxygen atoms in total. The Kier molecular flexibility index (Phi) is 3.00. The normalized spacial score (nSPS) is 22.7. The Labute approximate surface area is 117 Å². The number of carbonyl (C=O) groups excluding carboxylic acids is 2. The molecule has 6 heteroatoms. The highest BCUT2D eigenvalue weighted by atomic mass is 16.6. The molecule has 106 valence electrons. The lowest BCUT2D eigenvalue weighted by molar-refractivity contribution is 0.150. The van der Waals surface area contributed by atoms with Crippen molar-refractivity contribution in [3.8, 4) is 0 Å². The fourth-order valence-electron chi connectivity index (χ4n) is 2.51. The van der Waals surface area contributed by atoms with E-state index in [-0.39, 0.29) is 18.2 Å². The van der Waals surface area contributed by atoms with Crippen LogP contribution in [0.4, 0.5) is 21.0 Å². The van der Waals surface area contributed by atoms with Crippen LogP contribution in [0.3, 0.4) is 0 Å². The topological polar surface area (TPSA) is 53.1 Å². The van der Waals surface area contributed by atoms with Gasteiger partial charge in [0.25, 0.3) is 0 Å². The van der Waals surface area contributed by atoms with Crippen LogP contribution in [0.5, 0.6) is 0 Å². The molecule has 0 aromatic heterocycles. The van der Waals surface area contributed by atoms with Gasteiger partial charge in [-0.15, -0.1) is 0 Å². The van der Waals surface area contributed by atoms with Crippen molar-refractivity contribution in [2.45, 2.75) is 13.0 Å². The van der Waals surface area contributed by atoms with Crippen molar-refractivity contribution >= 4 is 23.5 Å². The zero-order valence-electron chi connectivity index (χ0n) is 11.6. The predicted octanol–water partition coefficient (Wildman–Crippen LogP) is 1.90. The maximum absolute atomic E-state index is 11.9. The second-order valence-electron chi connectivity index (χ2n) is 5.18. The number of anilines is 2. The Hall–Kier alpha value is -2.24. The third-order valence-electron chi connectivity index (χ3n) is 3.65. The van der Waals surface area contributed by atoms with Gasteiger partial charge in [0.05, 0.1) is 6.54 Å². The molecule has 2 saturated heterocycles. The van der Waals surface area contributed by atoms with Gasteiger partial charge in [0, 0.05) is 31.5 Å². The third kappa shape index (κ3) is 2.07. The van der Waals surface area contributed by atoms with Crippen LogP contribution < -0.4 is 9.80 Å². The minimum atomic E-state index is -0.317. The van der Waals surface area contributed by atoms with E-state index in [4.69, 9.17) is 4.74 Å². The molecule has 20 heavy (non-hydrogen) atoms. The lowest BCUT2D eigenvalue weighted by atomic mass is 10.2. The van der Waals surface area contributed by atoms with Gasteiger partial charge in [-0.05, 0) is 31.2 Å². The van der Waals surface area contributed by atoms with E-state index in [0.717, 1.165) is 17.9 Å². The first-order chi connectivity index (χ1) is 9.56. The van der Waals surface area contributed by atoms with Crippen LogP contribution in [0.1, 0.15) is 6.92 Å². The molecule has 1 atom stereocenters. The molecule has 0 radical (unpaired) electrons. The number of cyclic esters (lactones) is 1. The molecule has 3 rings (SSSR count). The summed E-state index contributed by atoms with van der Waals surface area (Å²) < 4.78 is 5.11. The van der Waals surface area contributed by atoms with Crippen LogP contribution in [-0.4, -0.2) is 49.8 Å². The molecular weight excluding hydrogens is 258 g/mol.